The first-order valence-corrected chi connectivity index (χ1v) is 8.31. The van der Waals surface area contributed by atoms with Crippen LogP contribution in [0, 0.1) is 17.6 Å². The van der Waals surface area contributed by atoms with Crippen LogP contribution in [0.1, 0.15) is 25.7 Å². The van der Waals surface area contributed by atoms with Gasteiger partial charge in [-0.1, -0.05) is 6.07 Å². The molecule has 2 atom stereocenters. The first kappa shape index (κ1) is 19.6. The molecule has 1 aromatic carbocycles. The molecule has 2 unspecified atom stereocenters. The molecule has 0 bridgehead atoms. The second-order valence-electron chi connectivity index (χ2n) is 6.37. The predicted octanol–water partition coefficient (Wildman–Crippen LogP) is 2.00. The number of rotatable bonds is 5. The van der Waals surface area contributed by atoms with Crippen molar-refractivity contribution >= 4 is 29.9 Å². The highest BCUT2D eigenvalue weighted by molar-refractivity contribution is 6.01. The van der Waals surface area contributed by atoms with Crippen molar-refractivity contribution in [3.05, 3.63) is 29.8 Å². The minimum absolute atomic E-state index is 0. The van der Waals surface area contributed by atoms with Crippen LogP contribution >= 0.6 is 12.4 Å². The summed E-state index contributed by atoms with van der Waals surface area (Å²) in [6.45, 7) is 2.10. The van der Waals surface area contributed by atoms with Crippen molar-refractivity contribution in [2.75, 3.05) is 24.5 Å². The van der Waals surface area contributed by atoms with Crippen molar-refractivity contribution in [2.45, 2.75) is 31.7 Å². The van der Waals surface area contributed by atoms with Gasteiger partial charge in [-0.05, 0) is 50.4 Å². The topological polar surface area (TPSA) is 61.4 Å². The molecule has 8 heteroatoms. The zero-order valence-electron chi connectivity index (χ0n) is 13.8. The Bertz CT molecular complexity index is 618. The minimum atomic E-state index is -0.774. The van der Waals surface area contributed by atoms with Crippen LogP contribution in [0.5, 0.6) is 0 Å². The third-order valence-electron chi connectivity index (χ3n) is 4.69. The van der Waals surface area contributed by atoms with Gasteiger partial charge in [-0.15, -0.1) is 12.4 Å². The van der Waals surface area contributed by atoms with Crippen LogP contribution in [0.15, 0.2) is 18.2 Å². The van der Waals surface area contributed by atoms with Gasteiger partial charge in [0, 0.05) is 13.0 Å². The molecular weight excluding hydrogens is 352 g/mol. The summed E-state index contributed by atoms with van der Waals surface area (Å²) in [5, 5.41) is 5.94. The lowest BCUT2D eigenvalue weighted by atomic mass is 10.0. The number of carbonyl (C=O) groups is 2. The van der Waals surface area contributed by atoms with Gasteiger partial charge in [0.1, 0.15) is 23.4 Å². The van der Waals surface area contributed by atoms with Gasteiger partial charge >= 0.3 is 0 Å². The standard InChI is InChI=1S/C17H21F2N3O2.ClH/c18-12-2-1-3-13(19)16(12)22-9-7-14(17(22)24)21-15(23)5-4-11-6-8-20-10-11;/h1-3,11,14,20H,4-10H2,(H,21,23);1H. The SMILES string of the molecule is Cl.O=C(CCC1CCNC1)NC1CCN(c2c(F)cccc2F)C1=O. The van der Waals surface area contributed by atoms with E-state index >= 15 is 0 Å². The molecule has 2 N–H and O–H groups in total. The van der Waals surface area contributed by atoms with Gasteiger partial charge in [0.25, 0.3) is 0 Å². The number of nitrogens with one attached hydrogen (secondary N) is 2. The number of anilines is 1. The van der Waals surface area contributed by atoms with E-state index in [1.54, 1.807) is 0 Å². The average molecular weight is 374 g/mol. The molecule has 2 aliphatic heterocycles. The van der Waals surface area contributed by atoms with Crippen molar-refractivity contribution < 1.29 is 18.4 Å². The molecular formula is C17H22ClF2N3O2. The Balaban J connectivity index is 0.00000225. The summed E-state index contributed by atoms with van der Waals surface area (Å²) >= 11 is 0. The Morgan fingerprint density at radius 1 is 1.28 bits per heavy atom. The molecule has 2 heterocycles. The third kappa shape index (κ3) is 4.46. The van der Waals surface area contributed by atoms with E-state index in [1.165, 1.54) is 6.07 Å². The predicted molar refractivity (Wildman–Crippen MR) is 92.7 cm³/mol. The number of para-hydroxylation sites is 1. The minimum Gasteiger partial charge on any atom is -0.344 e. The molecule has 25 heavy (non-hydrogen) atoms. The van der Waals surface area contributed by atoms with Gasteiger partial charge in [-0.3, -0.25) is 9.59 Å². The Hall–Kier alpha value is -1.73. The van der Waals surface area contributed by atoms with Crippen LogP contribution in [0.4, 0.5) is 14.5 Å². The van der Waals surface area contributed by atoms with Gasteiger partial charge in [-0.25, -0.2) is 8.78 Å². The van der Waals surface area contributed by atoms with Gasteiger partial charge in [0.2, 0.25) is 11.8 Å². The first-order chi connectivity index (χ1) is 11.6. The Labute approximate surface area is 151 Å². The van der Waals surface area contributed by atoms with E-state index in [1.807, 2.05) is 0 Å². The molecule has 0 spiro atoms. The molecule has 2 amide bonds. The molecule has 0 saturated carbocycles. The number of nitrogens with zero attached hydrogens (tertiary/aromatic N) is 1. The molecule has 1 aromatic rings. The Kier molecular flexibility index (Phi) is 6.72. The fraction of sp³-hybridized carbons (Fsp3) is 0.529. The van der Waals surface area contributed by atoms with Gasteiger partial charge < -0.3 is 15.5 Å². The molecule has 138 valence electrons. The van der Waals surface area contributed by atoms with Crippen molar-refractivity contribution in [1.82, 2.24) is 10.6 Å². The van der Waals surface area contributed by atoms with Crippen LogP contribution in [0.2, 0.25) is 0 Å². The monoisotopic (exact) mass is 373 g/mol. The number of carbonyl (C=O) groups excluding carboxylic acids is 2. The van der Waals surface area contributed by atoms with E-state index < -0.39 is 23.6 Å². The summed E-state index contributed by atoms with van der Waals surface area (Å²) in [5.41, 5.74) is -0.337. The fourth-order valence-corrected chi connectivity index (χ4v) is 3.35. The molecule has 2 saturated heterocycles. The molecule has 0 radical (unpaired) electrons. The van der Waals surface area contributed by atoms with E-state index in [0.717, 1.165) is 43.0 Å². The maximum Gasteiger partial charge on any atom is 0.249 e. The van der Waals surface area contributed by atoms with E-state index in [2.05, 4.69) is 10.6 Å². The summed E-state index contributed by atoms with van der Waals surface area (Å²) in [6, 6.07) is 2.78. The normalized spacial score (nSPS) is 22.8. The van der Waals surface area contributed by atoms with E-state index in [0.29, 0.717) is 18.8 Å². The Morgan fingerprint density at radius 2 is 2.00 bits per heavy atom. The maximum atomic E-state index is 13.8. The smallest absolute Gasteiger partial charge is 0.249 e. The van der Waals surface area contributed by atoms with Crippen LogP contribution in [-0.2, 0) is 9.59 Å². The number of amides is 2. The average Bonchev–Trinajstić information content (AvgIpc) is 3.18. The second kappa shape index (κ2) is 8.58. The lowest BCUT2D eigenvalue weighted by Crippen LogP contribution is -2.42. The first-order valence-electron chi connectivity index (χ1n) is 8.31. The van der Waals surface area contributed by atoms with Crippen LogP contribution in [0.3, 0.4) is 0 Å². The summed E-state index contributed by atoms with van der Waals surface area (Å²) in [5.74, 6) is -1.70. The fourth-order valence-electron chi connectivity index (χ4n) is 3.35. The Morgan fingerprint density at radius 3 is 2.64 bits per heavy atom. The summed E-state index contributed by atoms with van der Waals surface area (Å²) in [6.07, 6.45) is 2.56. The third-order valence-corrected chi connectivity index (χ3v) is 4.69. The molecule has 2 aliphatic rings. The molecule has 2 fully saturated rings. The molecule has 5 nitrogen and oxygen atoms in total. The van der Waals surface area contributed by atoms with E-state index in [9.17, 15) is 18.4 Å². The van der Waals surface area contributed by atoms with Crippen LogP contribution in [0.25, 0.3) is 0 Å². The lowest BCUT2D eigenvalue weighted by molar-refractivity contribution is -0.126. The highest BCUT2D eigenvalue weighted by Gasteiger charge is 2.36. The van der Waals surface area contributed by atoms with E-state index in [4.69, 9.17) is 0 Å². The van der Waals surface area contributed by atoms with Crippen molar-refractivity contribution in [1.29, 1.82) is 0 Å². The quantitative estimate of drug-likeness (QED) is 0.830. The molecule has 0 aromatic heterocycles. The van der Waals surface area contributed by atoms with Gasteiger partial charge in [0.05, 0.1) is 0 Å². The van der Waals surface area contributed by atoms with Gasteiger partial charge in [-0.2, -0.15) is 0 Å². The summed E-state index contributed by atoms with van der Waals surface area (Å²) in [7, 11) is 0. The van der Waals surface area contributed by atoms with E-state index in [-0.39, 0.29) is 30.5 Å². The highest BCUT2D eigenvalue weighted by atomic mass is 35.5. The van der Waals surface area contributed by atoms with Crippen molar-refractivity contribution in [2.24, 2.45) is 5.92 Å². The second-order valence-corrected chi connectivity index (χ2v) is 6.37. The van der Waals surface area contributed by atoms with Crippen molar-refractivity contribution in [3.8, 4) is 0 Å². The number of benzene rings is 1. The summed E-state index contributed by atoms with van der Waals surface area (Å²) < 4.78 is 27.7. The molecule has 3 rings (SSSR count). The largest absolute Gasteiger partial charge is 0.344 e. The highest BCUT2D eigenvalue weighted by Crippen LogP contribution is 2.27. The number of halogens is 3. The number of hydrogen-bond donors (Lipinski definition) is 2. The number of hydrogen-bond acceptors (Lipinski definition) is 3. The van der Waals surface area contributed by atoms with Gasteiger partial charge in [0.15, 0.2) is 0 Å². The van der Waals surface area contributed by atoms with Crippen LogP contribution in [-0.4, -0.2) is 37.5 Å². The molecule has 0 aliphatic carbocycles. The van der Waals surface area contributed by atoms with Crippen molar-refractivity contribution in [3.63, 3.8) is 0 Å². The van der Waals surface area contributed by atoms with Crippen LogP contribution < -0.4 is 15.5 Å². The zero-order chi connectivity index (χ0) is 17.1. The maximum absolute atomic E-state index is 13.8. The summed E-state index contributed by atoms with van der Waals surface area (Å²) in [4.78, 5) is 25.5. The lowest BCUT2D eigenvalue weighted by Gasteiger charge is -2.18. The zero-order valence-corrected chi connectivity index (χ0v) is 14.6.